The van der Waals surface area contributed by atoms with Crippen molar-refractivity contribution in [3.63, 3.8) is 0 Å². The third-order valence-corrected chi connectivity index (χ3v) is 4.43. The fourth-order valence-electron chi connectivity index (χ4n) is 3.25. The first kappa shape index (κ1) is 13.8. The van der Waals surface area contributed by atoms with Gasteiger partial charge in [-0.2, -0.15) is 0 Å². The van der Waals surface area contributed by atoms with Crippen molar-refractivity contribution in [2.24, 2.45) is 17.6 Å². The largest absolute Gasteiger partial charge is 0.376 e. The Morgan fingerprint density at radius 1 is 1.39 bits per heavy atom. The molecule has 4 unspecified atom stereocenters. The lowest BCUT2D eigenvalue weighted by Crippen LogP contribution is -2.43. The van der Waals surface area contributed by atoms with Crippen molar-refractivity contribution in [3.8, 4) is 0 Å². The molecular weight excluding hydrogens is 228 g/mol. The van der Waals surface area contributed by atoms with Crippen LogP contribution in [-0.2, 0) is 9.53 Å². The predicted molar refractivity (Wildman–Crippen MR) is 71.1 cm³/mol. The molecule has 0 spiro atoms. The van der Waals surface area contributed by atoms with Crippen LogP contribution < -0.4 is 11.1 Å². The SMILES string of the molecule is CC1OCCC1NC(=O)C1CCCC(CCN)C1. The van der Waals surface area contributed by atoms with E-state index in [1.807, 2.05) is 6.92 Å². The lowest BCUT2D eigenvalue weighted by Gasteiger charge is -2.29. The number of amides is 1. The zero-order valence-electron chi connectivity index (χ0n) is 11.4. The van der Waals surface area contributed by atoms with E-state index in [0.717, 1.165) is 38.8 Å². The van der Waals surface area contributed by atoms with Crippen molar-refractivity contribution >= 4 is 5.91 Å². The summed E-state index contributed by atoms with van der Waals surface area (Å²) in [6.45, 7) is 3.55. The van der Waals surface area contributed by atoms with Crippen LogP contribution in [0.2, 0.25) is 0 Å². The maximum absolute atomic E-state index is 12.3. The molecule has 2 rings (SSSR count). The van der Waals surface area contributed by atoms with E-state index in [4.69, 9.17) is 10.5 Å². The molecule has 1 aliphatic carbocycles. The van der Waals surface area contributed by atoms with Gasteiger partial charge in [0.15, 0.2) is 0 Å². The summed E-state index contributed by atoms with van der Waals surface area (Å²) < 4.78 is 5.48. The summed E-state index contributed by atoms with van der Waals surface area (Å²) in [7, 11) is 0. The van der Waals surface area contributed by atoms with E-state index in [1.165, 1.54) is 12.8 Å². The van der Waals surface area contributed by atoms with Gasteiger partial charge in [0, 0.05) is 12.5 Å². The van der Waals surface area contributed by atoms with Crippen LogP contribution in [-0.4, -0.2) is 31.2 Å². The normalized spacial score (nSPS) is 36.6. The lowest BCUT2D eigenvalue weighted by atomic mass is 9.79. The Balaban J connectivity index is 1.80. The van der Waals surface area contributed by atoms with Crippen LogP contribution in [0.25, 0.3) is 0 Å². The van der Waals surface area contributed by atoms with Crippen LogP contribution >= 0.6 is 0 Å². The second-order valence-electron chi connectivity index (χ2n) is 5.79. The molecule has 18 heavy (non-hydrogen) atoms. The highest BCUT2D eigenvalue weighted by Crippen LogP contribution is 2.31. The van der Waals surface area contributed by atoms with Crippen LogP contribution in [0.15, 0.2) is 0 Å². The number of nitrogens with one attached hydrogen (secondary N) is 1. The molecule has 0 aromatic rings. The molecule has 0 aromatic heterocycles. The van der Waals surface area contributed by atoms with E-state index in [0.29, 0.717) is 5.92 Å². The summed E-state index contributed by atoms with van der Waals surface area (Å²) in [5.74, 6) is 1.08. The first-order valence-corrected chi connectivity index (χ1v) is 7.32. The fourth-order valence-corrected chi connectivity index (χ4v) is 3.25. The molecule has 1 heterocycles. The maximum Gasteiger partial charge on any atom is 0.223 e. The van der Waals surface area contributed by atoms with Crippen molar-refractivity contribution in [1.82, 2.24) is 5.32 Å². The number of rotatable bonds is 4. The van der Waals surface area contributed by atoms with Gasteiger partial charge in [0.25, 0.3) is 0 Å². The molecule has 104 valence electrons. The Morgan fingerprint density at radius 2 is 2.22 bits per heavy atom. The Bertz CT molecular complexity index is 281. The highest BCUT2D eigenvalue weighted by molar-refractivity contribution is 5.79. The Morgan fingerprint density at radius 3 is 2.89 bits per heavy atom. The highest BCUT2D eigenvalue weighted by atomic mass is 16.5. The van der Waals surface area contributed by atoms with Gasteiger partial charge in [-0.15, -0.1) is 0 Å². The van der Waals surface area contributed by atoms with Crippen molar-refractivity contribution in [3.05, 3.63) is 0 Å². The molecule has 0 bridgehead atoms. The number of carbonyl (C=O) groups excluding carboxylic acids is 1. The summed E-state index contributed by atoms with van der Waals surface area (Å²) in [6, 6.07) is 0.215. The van der Waals surface area contributed by atoms with Gasteiger partial charge in [-0.1, -0.05) is 12.8 Å². The summed E-state index contributed by atoms with van der Waals surface area (Å²) in [6.07, 6.45) is 6.64. The fraction of sp³-hybridized carbons (Fsp3) is 0.929. The number of hydrogen-bond acceptors (Lipinski definition) is 3. The lowest BCUT2D eigenvalue weighted by molar-refractivity contribution is -0.127. The standard InChI is InChI=1S/C14H26N2O2/c1-10-13(6-8-18-10)16-14(17)12-4-2-3-11(9-12)5-7-15/h10-13H,2-9,15H2,1H3,(H,16,17). The third-order valence-electron chi connectivity index (χ3n) is 4.43. The van der Waals surface area contributed by atoms with Gasteiger partial charge in [0.2, 0.25) is 5.91 Å². The smallest absolute Gasteiger partial charge is 0.223 e. The summed E-state index contributed by atoms with van der Waals surface area (Å²) in [5.41, 5.74) is 5.61. The molecule has 2 fully saturated rings. The average molecular weight is 254 g/mol. The summed E-state index contributed by atoms with van der Waals surface area (Å²) >= 11 is 0. The minimum absolute atomic E-state index is 0.164. The van der Waals surface area contributed by atoms with Crippen molar-refractivity contribution in [2.45, 2.75) is 57.6 Å². The first-order valence-electron chi connectivity index (χ1n) is 7.32. The Hall–Kier alpha value is -0.610. The van der Waals surface area contributed by atoms with Crippen molar-refractivity contribution < 1.29 is 9.53 Å². The monoisotopic (exact) mass is 254 g/mol. The van der Waals surface area contributed by atoms with E-state index >= 15 is 0 Å². The molecule has 1 saturated heterocycles. The van der Waals surface area contributed by atoms with E-state index in [1.54, 1.807) is 0 Å². The quantitative estimate of drug-likeness (QED) is 0.798. The summed E-state index contributed by atoms with van der Waals surface area (Å²) in [5, 5.41) is 3.17. The van der Waals surface area contributed by atoms with Gasteiger partial charge >= 0.3 is 0 Å². The number of nitrogens with two attached hydrogens (primary N) is 1. The molecule has 1 saturated carbocycles. The Labute approximate surface area is 110 Å². The zero-order valence-corrected chi connectivity index (χ0v) is 11.4. The number of ether oxygens (including phenoxy) is 1. The molecule has 4 heteroatoms. The highest BCUT2D eigenvalue weighted by Gasteiger charge is 2.31. The van der Waals surface area contributed by atoms with Crippen molar-refractivity contribution in [2.75, 3.05) is 13.2 Å². The molecule has 0 radical (unpaired) electrons. The van der Waals surface area contributed by atoms with Crippen LogP contribution in [0, 0.1) is 11.8 Å². The summed E-state index contributed by atoms with van der Waals surface area (Å²) in [4.78, 5) is 12.3. The third kappa shape index (κ3) is 3.45. The minimum Gasteiger partial charge on any atom is -0.376 e. The van der Waals surface area contributed by atoms with Gasteiger partial charge in [-0.25, -0.2) is 0 Å². The van der Waals surface area contributed by atoms with Crippen LogP contribution in [0.4, 0.5) is 0 Å². The Kier molecular flexibility index (Phi) is 5.01. The van der Waals surface area contributed by atoms with Gasteiger partial charge in [0.05, 0.1) is 12.1 Å². The predicted octanol–water partition coefficient (Wildman–Crippen LogP) is 1.44. The molecule has 4 nitrogen and oxygen atoms in total. The number of carbonyl (C=O) groups is 1. The maximum atomic E-state index is 12.3. The van der Waals surface area contributed by atoms with Crippen LogP contribution in [0.5, 0.6) is 0 Å². The minimum atomic E-state index is 0.164. The van der Waals surface area contributed by atoms with Gasteiger partial charge < -0.3 is 15.8 Å². The van der Waals surface area contributed by atoms with Gasteiger partial charge in [-0.3, -0.25) is 4.79 Å². The van der Waals surface area contributed by atoms with Crippen LogP contribution in [0.3, 0.4) is 0 Å². The molecule has 1 amide bonds. The second kappa shape index (κ2) is 6.53. The van der Waals surface area contributed by atoms with Crippen LogP contribution in [0.1, 0.15) is 45.4 Å². The molecule has 1 aliphatic heterocycles. The van der Waals surface area contributed by atoms with Gasteiger partial charge in [0.1, 0.15) is 0 Å². The molecule has 3 N–H and O–H groups in total. The van der Waals surface area contributed by atoms with Gasteiger partial charge in [-0.05, 0) is 45.1 Å². The van der Waals surface area contributed by atoms with Crippen molar-refractivity contribution in [1.29, 1.82) is 0 Å². The topological polar surface area (TPSA) is 64.3 Å². The second-order valence-corrected chi connectivity index (χ2v) is 5.79. The first-order chi connectivity index (χ1) is 8.70. The number of hydrogen-bond donors (Lipinski definition) is 2. The van der Waals surface area contributed by atoms with E-state index < -0.39 is 0 Å². The van der Waals surface area contributed by atoms with E-state index in [2.05, 4.69) is 5.32 Å². The molecule has 2 aliphatic rings. The molecule has 4 atom stereocenters. The van der Waals surface area contributed by atoms with E-state index in [-0.39, 0.29) is 24.0 Å². The average Bonchev–Trinajstić information content (AvgIpc) is 2.76. The van der Waals surface area contributed by atoms with E-state index in [9.17, 15) is 4.79 Å². The molecular formula is C14H26N2O2. The zero-order chi connectivity index (χ0) is 13.0. The molecule has 0 aromatic carbocycles.